The number of carbonyl (C=O) groups is 2. The lowest BCUT2D eigenvalue weighted by Crippen LogP contribution is -2.55. The van der Waals surface area contributed by atoms with Crippen LogP contribution >= 0.6 is 0 Å². The van der Waals surface area contributed by atoms with Gasteiger partial charge in [0.05, 0.1) is 12.0 Å². The normalized spacial score (nSPS) is 28.9. The second-order valence-corrected chi connectivity index (χ2v) is 6.83. The Morgan fingerprint density at radius 3 is 2.52 bits per heavy atom. The fraction of sp³-hybridized carbons (Fsp3) is 0.875. The number of carboxylic acids is 1. The predicted octanol–water partition coefficient (Wildman–Crippen LogP) is 2.01. The lowest BCUT2D eigenvalue weighted by atomic mass is 9.77. The van der Waals surface area contributed by atoms with Gasteiger partial charge in [-0.05, 0) is 39.2 Å². The van der Waals surface area contributed by atoms with E-state index in [0.29, 0.717) is 6.04 Å². The Hall–Kier alpha value is -1.10. The number of amides is 1. The summed E-state index contributed by atoms with van der Waals surface area (Å²) in [5, 5.41) is 12.6. The number of carbonyl (C=O) groups excluding carboxylic acids is 1. The van der Waals surface area contributed by atoms with Crippen LogP contribution in [0.25, 0.3) is 0 Å². The fourth-order valence-corrected chi connectivity index (χ4v) is 3.99. The minimum atomic E-state index is -0.796. The molecule has 1 heterocycles. The van der Waals surface area contributed by atoms with Crippen molar-refractivity contribution in [1.29, 1.82) is 0 Å². The first-order valence-electron chi connectivity index (χ1n) is 8.17. The maximum absolute atomic E-state index is 12.8. The third kappa shape index (κ3) is 3.76. The fourth-order valence-electron chi connectivity index (χ4n) is 3.99. The standard InChI is InChI=1S/C16H28N2O3/c1-12-10-13(6-9-17-12)15(21)18(2)16(11-14(19)20)7-4-3-5-8-16/h12-13,17H,3-11H2,1-2H3,(H,19,20). The molecule has 2 rings (SSSR count). The molecule has 0 aromatic heterocycles. The van der Waals surface area contributed by atoms with Crippen LogP contribution in [0.15, 0.2) is 0 Å². The molecule has 0 aromatic carbocycles. The van der Waals surface area contributed by atoms with Crippen molar-refractivity contribution in [3.63, 3.8) is 0 Å². The second kappa shape index (κ2) is 6.77. The average Bonchev–Trinajstić information content (AvgIpc) is 2.46. The van der Waals surface area contributed by atoms with Crippen LogP contribution in [0.3, 0.4) is 0 Å². The summed E-state index contributed by atoms with van der Waals surface area (Å²) in [7, 11) is 1.82. The van der Waals surface area contributed by atoms with Crippen LogP contribution in [-0.2, 0) is 9.59 Å². The van der Waals surface area contributed by atoms with Crippen LogP contribution in [0, 0.1) is 5.92 Å². The van der Waals surface area contributed by atoms with Gasteiger partial charge in [0.1, 0.15) is 0 Å². The molecule has 2 unspecified atom stereocenters. The van der Waals surface area contributed by atoms with Gasteiger partial charge in [0.25, 0.3) is 0 Å². The summed E-state index contributed by atoms with van der Waals surface area (Å²) in [6.07, 6.45) is 6.62. The number of nitrogens with one attached hydrogen (secondary N) is 1. The Morgan fingerprint density at radius 2 is 1.95 bits per heavy atom. The van der Waals surface area contributed by atoms with E-state index in [2.05, 4.69) is 12.2 Å². The van der Waals surface area contributed by atoms with Gasteiger partial charge in [-0.15, -0.1) is 0 Å². The number of hydrogen-bond acceptors (Lipinski definition) is 3. The largest absolute Gasteiger partial charge is 0.481 e. The molecule has 21 heavy (non-hydrogen) atoms. The van der Waals surface area contributed by atoms with Gasteiger partial charge in [0.2, 0.25) is 5.91 Å². The van der Waals surface area contributed by atoms with Gasteiger partial charge in [-0.1, -0.05) is 19.3 Å². The van der Waals surface area contributed by atoms with Crippen molar-refractivity contribution in [2.45, 2.75) is 69.9 Å². The van der Waals surface area contributed by atoms with Crippen molar-refractivity contribution in [3.05, 3.63) is 0 Å². The zero-order chi connectivity index (χ0) is 15.5. The molecule has 2 N–H and O–H groups in total. The Balaban J connectivity index is 2.11. The molecule has 5 nitrogen and oxygen atoms in total. The molecule has 0 bridgehead atoms. The van der Waals surface area contributed by atoms with Crippen molar-refractivity contribution in [3.8, 4) is 0 Å². The number of nitrogens with zero attached hydrogens (tertiary/aromatic N) is 1. The molecule has 0 spiro atoms. The molecule has 0 radical (unpaired) electrons. The van der Waals surface area contributed by atoms with E-state index in [0.717, 1.165) is 51.5 Å². The van der Waals surface area contributed by atoms with Gasteiger partial charge >= 0.3 is 5.97 Å². The van der Waals surface area contributed by atoms with E-state index in [4.69, 9.17) is 0 Å². The molecule has 1 saturated heterocycles. The monoisotopic (exact) mass is 296 g/mol. The molecular weight excluding hydrogens is 268 g/mol. The van der Waals surface area contributed by atoms with Crippen LogP contribution < -0.4 is 5.32 Å². The van der Waals surface area contributed by atoms with E-state index >= 15 is 0 Å². The third-order valence-electron chi connectivity index (χ3n) is 5.28. The SMILES string of the molecule is CC1CC(C(=O)N(C)C2(CC(=O)O)CCCCC2)CCN1. The first kappa shape index (κ1) is 16.3. The highest BCUT2D eigenvalue weighted by Crippen LogP contribution is 2.37. The van der Waals surface area contributed by atoms with E-state index in [9.17, 15) is 14.7 Å². The first-order valence-corrected chi connectivity index (χ1v) is 8.17. The molecule has 0 aromatic rings. The van der Waals surface area contributed by atoms with Gasteiger partial charge in [-0.25, -0.2) is 0 Å². The summed E-state index contributed by atoms with van der Waals surface area (Å²) in [6.45, 7) is 2.98. The molecule has 1 aliphatic carbocycles. The maximum atomic E-state index is 12.8. The van der Waals surface area contributed by atoms with E-state index in [1.165, 1.54) is 0 Å². The summed E-state index contributed by atoms with van der Waals surface area (Å²) < 4.78 is 0. The lowest BCUT2D eigenvalue weighted by molar-refractivity contribution is -0.148. The molecule has 5 heteroatoms. The van der Waals surface area contributed by atoms with Crippen LogP contribution in [0.2, 0.25) is 0 Å². The molecule has 2 aliphatic rings. The highest BCUT2D eigenvalue weighted by molar-refractivity contribution is 5.80. The van der Waals surface area contributed by atoms with Crippen molar-refractivity contribution >= 4 is 11.9 Å². The Bertz CT molecular complexity index is 391. The van der Waals surface area contributed by atoms with Crippen LogP contribution in [0.1, 0.15) is 58.3 Å². The predicted molar refractivity (Wildman–Crippen MR) is 81.0 cm³/mol. The van der Waals surface area contributed by atoms with E-state index in [-0.39, 0.29) is 18.2 Å². The van der Waals surface area contributed by atoms with Gasteiger partial charge < -0.3 is 15.3 Å². The minimum Gasteiger partial charge on any atom is -0.481 e. The van der Waals surface area contributed by atoms with E-state index in [1.54, 1.807) is 4.90 Å². The topological polar surface area (TPSA) is 69.6 Å². The summed E-state index contributed by atoms with van der Waals surface area (Å²) in [5.41, 5.74) is -0.463. The van der Waals surface area contributed by atoms with Crippen molar-refractivity contribution < 1.29 is 14.7 Å². The molecule has 1 aliphatic heterocycles. The van der Waals surface area contributed by atoms with Crippen molar-refractivity contribution in [2.24, 2.45) is 5.92 Å². The number of piperidine rings is 1. The van der Waals surface area contributed by atoms with Gasteiger partial charge in [0.15, 0.2) is 0 Å². The van der Waals surface area contributed by atoms with Crippen molar-refractivity contribution in [1.82, 2.24) is 10.2 Å². The summed E-state index contributed by atoms with van der Waals surface area (Å²) >= 11 is 0. The number of carboxylic acid groups (broad SMARTS) is 1. The highest BCUT2D eigenvalue weighted by Gasteiger charge is 2.42. The molecule has 2 fully saturated rings. The minimum absolute atomic E-state index is 0.0406. The van der Waals surface area contributed by atoms with Gasteiger partial charge in [-0.2, -0.15) is 0 Å². The zero-order valence-corrected chi connectivity index (χ0v) is 13.2. The number of aliphatic carboxylic acids is 1. The van der Waals surface area contributed by atoms with E-state index < -0.39 is 11.5 Å². The second-order valence-electron chi connectivity index (χ2n) is 6.83. The molecule has 120 valence electrons. The summed E-state index contributed by atoms with van der Waals surface area (Å²) in [6, 6.07) is 0.364. The number of hydrogen-bond donors (Lipinski definition) is 2. The molecule has 2 atom stereocenters. The van der Waals surface area contributed by atoms with Gasteiger partial charge in [-0.3, -0.25) is 9.59 Å². The molecule has 1 amide bonds. The maximum Gasteiger partial charge on any atom is 0.305 e. The Kier molecular flexibility index (Phi) is 5.25. The molecule has 1 saturated carbocycles. The van der Waals surface area contributed by atoms with Gasteiger partial charge in [0, 0.05) is 19.0 Å². The summed E-state index contributed by atoms with van der Waals surface area (Å²) in [5.74, 6) is -0.611. The first-order chi connectivity index (χ1) is 9.94. The third-order valence-corrected chi connectivity index (χ3v) is 5.28. The lowest BCUT2D eigenvalue weighted by Gasteiger charge is -2.45. The van der Waals surface area contributed by atoms with Crippen molar-refractivity contribution in [2.75, 3.05) is 13.6 Å². The van der Waals surface area contributed by atoms with E-state index in [1.807, 2.05) is 7.05 Å². The smallest absolute Gasteiger partial charge is 0.305 e. The van der Waals surface area contributed by atoms with Crippen LogP contribution in [-0.4, -0.2) is 47.1 Å². The van der Waals surface area contributed by atoms with Crippen LogP contribution in [0.5, 0.6) is 0 Å². The Morgan fingerprint density at radius 1 is 1.29 bits per heavy atom. The highest BCUT2D eigenvalue weighted by atomic mass is 16.4. The zero-order valence-electron chi connectivity index (χ0n) is 13.2. The quantitative estimate of drug-likeness (QED) is 0.832. The Labute approximate surface area is 127 Å². The number of rotatable bonds is 4. The van der Waals surface area contributed by atoms with Crippen LogP contribution in [0.4, 0.5) is 0 Å². The summed E-state index contributed by atoms with van der Waals surface area (Å²) in [4.78, 5) is 25.9. The molecular formula is C16H28N2O3. The average molecular weight is 296 g/mol.